The number of ketones is 1. The minimum atomic E-state index is 0.231. The number of methoxy groups -OCH3 is 1. The molecule has 0 aliphatic heterocycles. The number of hydrogen-bond acceptors (Lipinski definition) is 4. The molecule has 4 heteroatoms. The fourth-order valence-electron chi connectivity index (χ4n) is 1.65. The summed E-state index contributed by atoms with van der Waals surface area (Å²) in [5, 5.41) is 0.655. The van der Waals surface area contributed by atoms with Crippen molar-refractivity contribution >= 4 is 22.7 Å². The molecule has 3 nitrogen and oxygen atoms in total. The maximum atomic E-state index is 11.4. The smallest absolute Gasteiger partial charge is 0.273 e. The first-order valence-electron chi connectivity index (χ1n) is 5.03. The molecule has 0 N–H and O–H groups in total. The molecule has 1 aliphatic carbocycles. The fourth-order valence-corrected chi connectivity index (χ4v) is 2.42. The van der Waals surface area contributed by atoms with Gasteiger partial charge in [0.15, 0.2) is 5.78 Å². The van der Waals surface area contributed by atoms with Gasteiger partial charge in [-0.15, -0.1) is 0 Å². The van der Waals surface area contributed by atoms with E-state index in [2.05, 4.69) is 4.98 Å². The normalized spacial score (nSPS) is 17.1. The van der Waals surface area contributed by atoms with E-state index in [1.807, 2.05) is 0 Å². The molecule has 1 aromatic heterocycles. The van der Waals surface area contributed by atoms with E-state index < -0.39 is 0 Å². The summed E-state index contributed by atoms with van der Waals surface area (Å²) in [5.74, 6) is 0.231. The number of rotatable bonds is 2. The van der Waals surface area contributed by atoms with Crippen molar-refractivity contribution in [1.82, 2.24) is 4.98 Å². The number of carbonyl (C=O) groups is 1. The third-order valence-corrected chi connectivity index (χ3v) is 3.46. The van der Waals surface area contributed by atoms with Crippen molar-refractivity contribution in [1.29, 1.82) is 0 Å². The van der Waals surface area contributed by atoms with Gasteiger partial charge < -0.3 is 4.74 Å². The Morgan fingerprint density at radius 3 is 2.93 bits per heavy atom. The Kier molecular flexibility index (Phi) is 3.16. The minimum absolute atomic E-state index is 0.231. The molecule has 0 aromatic carbocycles. The predicted molar refractivity (Wildman–Crippen MR) is 60.1 cm³/mol. The van der Waals surface area contributed by atoms with Crippen LogP contribution in [-0.4, -0.2) is 17.9 Å². The van der Waals surface area contributed by atoms with Crippen molar-refractivity contribution in [3.63, 3.8) is 0 Å². The van der Waals surface area contributed by atoms with Crippen LogP contribution in [-0.2, 0) is 4.79 Å². The van der Waals surface area contributed by atoms with Crippen LogP contribution in [0.4, 0.5) is 0 Å². The zero-order valence-corrected chi connectivity index (χ0v) is 9.47. The Morgan fingerprint density at radius 1 is 1.40 bits per heavy atom. The van der Waals surface area contributed by atoms with E-state index in [1.165, 1.54) is 11.3 Å². The van der Waals surface area contributed by atoms with Crippen LogP contribution in [0.2, 0.25) is 0 Å². The van der Waals surface area contributed by atoms with Gasteiger partial charge in [-0.1, -0.05) is 11.3 Å². The molecule has 2 rings (SSSR count). The molecule has 80 valence electrons. The van der Waals surface area contributed by atoms with E-state index in [4.69, 9.17) is 4.74 Å². The third kappa shape index (κ3) is 2.45. The first-order chi connectivity index (χ1) is 7.29. The van der Waals surface area contributed by atoms with Gasteiger partial charge in [0.25, 0.3) is 5.19 Å². The summed E-state index contributed by atoms with van der Waals surface area (Å²) in [6.45, 7) is 0. The molecule has 0 unspecified atom stereocenters. The lowest BCUT2D eigenvalue weighted by Crippen LogP contribution is -1.89. The molecule has 0 radical (unpaired) electrons. The fraction of sp³-hybridized carbons (Fsp3) is 0.455. The number of thiazole rings is 1. The maximum Gasteiger partial charge on any atom is 0.273 e. The zero-order chi connectivity index (χ0) is 10.7. The summed E-state index contributed by atoms with van der Waals surface area (Å²) in [6.07, 6.45) is 7.27. The van der Waals surface area contributed by atoms with Gasteiger partial charge in [0.1, 0.15) is 0 Å². The molecular formula is C11H13NO2S. The van der Waals surface area contributed by atoms with Crippen molar-refractivity contribution < 1.29 is 9.53 Å². The Morgan fingerprint density at radius 2 is 2.20 bits per heavy atom. The van der Waals surface area contributed by atoms with Gasteiger partial charge in [-0.2, -0.15) is 0 Å². The molecule has 15 heavy (non-hydrogen) atoms. The standard InChI is InChI=1S/C11H13NO2S/c1-14-11-12-7-10(15-11)8-4-2-3-5-9(13)6-8/h6-7H,2-5H2,1H3. The highest BCUT2D eigenvalue weighted by molar-refractivity contribution is 7.14. The Bertz CT molecular complexity index is 395. The second-order valence-corrected chi connectivity index (χ2v) is 4.53. The molecule has 1 aliphatic rings. The van der Waals surface area contributed by atoms with Crippen molar-refractivity contribution in [2.45, 2.75) is 25.7 Å². The Labute approximate surface area is 92.8 Å². The van der Waals surface area contributed by atoms with E-state index in [9.17, 15) is 4.79 Å². The van der Waals surface area contributed by atoms with E-state index in [1.54, 1.807) is 19.4 Å². The van der Waals surface area contributed by atoms with Crippen molar-refractivity contribution in [2.75, 3.05) is 7.11 Å². The number of allylic oxidation sites excluding steroid dienone is 2. The molecule has 1 aromatic rings. The van der Waals surface area contributed by atoms with E-state index in [-0.39, 0.29) is 5.78 Å². The molecule has 0 saturated carbocycles. The summed E-state index contributed by atoms with van der Waals surface area (Å²) in [6, 6.07) is 0. The summed E-state index contributed by atoms with van der Waals surface area (Å²) >= 11 is 1.50. The maximum absolute atomic E-state index is 11.4. The van der Waals surface area contributed by atoms with Gasteiger partial charge >= 0.3 is 0 Å². The number of aromatic nitrogens is 1. The summed E-state index contributed by atoms with van der Waals surface area (Å²) in [7, 11) is 1.61. The number of hydrogen-bond donors (Lipinski definition) is 0. The van der Waals surface area contributed by atoms with Crippen LogP contribution in [0.3, 0.4) is 0 Å². The molecular weight excluding hydrogens is 210 g/mol. The topological polar surface area (TPSA) is 39.2 Å². The summed E-state index contributed by atoms with van der Waals surface area (Å²) in [4.78, 5) is 16.6. The zero-order valence-electron chi connectivity index (χ0n) is 8.66. The SMILES string of the molecule is COc1ncc(C2=CC(=O)CCCC2)s1. The lowest BCUT2D eigenvalue weighted by Gasteiger charge is -1.98. The van der Waals surface area contributed by atoms with Gasteiger partial charge in [0.05, 0.1) is 12.0 Å². The lowest BCUT2D eigenvalue weighted by molar-refractivity contribution is -0.114. The second-order valence-electron chi connectivity index (χ2n) is 3.54. The highest BCUT2D eigenvalue weighted by Gasteiger charge is 2.12. The van der Waals surface area contributed by atoms with Gasteiger partial charge in [-0.3, -0.25) is 4.79 Å². The molecule has 0 fully saturated rings. The molecule has 0 saturated heterocycles. The Hall–Kier alpha value is -1.16. The van der Waals surface area contributed by atoms with Crippen LogP contribution >= 0.6 is 11.3 Å². The molecule has 0 bridgehead atoms. The molecule has 1 heterocycles. The van der Waals surface area contributed by atoms with E-state index in [0.29, 0.717) is 11.6 Å². The van der Waals surface area contributed by atoms with Crippen LogP contribution in [0.5, 0.6) is 5.19 Å². The highest BCUT2D eigenvalue weighted by Crippen LogP contribution is 2.31. The van der Waals surface area contributed by atoms with E-state index in [0.717, 1.165) is 29.7 Å². The monoisotopic (exact) mass is 223 g/mol. The predicted octanol–water partition coefficient (Wildman–Crippen LogP) is 2.68. The van der Waals surface area contributed by atoms with Crippen LogP contribution in [0.25, 0.3) is 5.57 Å². The molecule has 0 atom stereocenters. The second kappa shape index (κ2) is 4.57. The lowest BCUT2D eigenvalue weighted by atomic mass is 10.1. The number of carbonyl (C=O) groups excluding carboxylic acids is 1. The van der Waals surface area contributed by atoms with Gasteiger partial charge in [-0.25, -0.2) is 4.98 Å². The van der Waals surface area contributed by atoms with Crippen molar-refractivity contribution in [2.24, 2.45) is 0 Å². The summed E-state index contributed by atoms with van der Waals surface area (Å²) < 4.78 is 5.04. The van der Waals surface area contributed by atoms with Gasteiger partial charge in [-0.05, 0) is 30.9 Å². The van der Waals surface area contributed by atoms with Crippen molar-refractivity contribution in [3.05, 3.63) is 17.2 Å². The first-order valence-corrected chi connectivity index (χ1v) is 5.85. The molecule has 0 spiro atoms. The van der Waals surface area contributed by atoms with Crippen LogP contribution in [0.1, 0.15) is 30.6 Å². The minimum Gasteiger partial charge on any atom is -0.473 e. The van der Waals surface area contributed by atoms with E-state index >= 15 is 0 Å². The number of nitrogens with zero attached hydrogens (tertiary/aromatic N) is 1. The quantitative estimate of drug-likeness (QED) is 0.773. The van der Waals surface area contributed by atoms with Gasteiger partial charge in [0.2, 0.25) is 0 Å². The average Bonchev–Trinajstić information content (AvgIpc) is 2.61. The first kappa shape index (κ1) is 10.4. The van der Waals surface area contributed by atoms with Gasteiger partial charge in [0, 0.05) is 12.6 Å². The number of ether oxygens (including phenoxy) is 1. The average molecular weight is 223 g/mol. The highest BCUT2D eigenvalue weighted by atomic mass is 32.1. The molecule has 0 amide bonds. The largest absolute Gasteiger partial charge is 0.473 e. The van der Waals surface area contributed by atoms with Crippen molar-refractivity contribution in [3.8, 4) is 5.19 Å². The van der Waals surface area contributed by atoms with Crippen LogP contribution in [0.15, 0.2) is 12.3 Å². The Balaban J connectivity index is 2.24. The van der Waals surface area contributed by atoms with Crippen LogP contribution in [0, 0.1) is 0 Å². The summed E-state index contributed by atoms with van der Waals surface area (Å²) in [5.41, 5.74) is 1.11. The van der Waals surface area contributed by atoms with Crippen LogP contribution < -0.4 is 4.74 Å². The third-order valence-electron chi connectivity index (χ3n) is 2.43.